The number of urea groups is 1. The van der Waals surface area contributed by atoms with Gasteiger partial charge in [-0.25, -0.2) is 9.59 Å². The number of nitrogens with zero attached hydrogens (tertiary/aromatic N) is 3. The molecular weight excluding hydrogens is 436 g/mol. The lowest BCUT2D eigenvalue weighted by molar-refractivity contribution is -0.135. The molecule has 2 heterocycles. The van der Waals surface area contributed by atoms with Crippen molar-refractivity contribution in [3.8, 4) is 0 Å². The van der Waals surface area contributed by atoms with Crippen molar-refractivity contribution >= 4 is 23.9 Å². The summed E-state index contributed by atoms with van der Waals surface area (Å²) < 4.78 is 5.57. The highest BCUT2D eigenvalue weighted by Crippen LogP contribution is 2.33. The van der Waals surface area contributed by atoms with Crippen LogP contribution in [0.2, 0.25) is 0 Å². The minimum atomic E-state index is -0.753. The molecule has 0 aromatic rings. The maximum absolute atomic E-state index is 13.0. The predicted octanol–water partition coefficient (Wildman–Crippen LogP) is 3.52. The number of nitrogens with one attached hydrogen (secondary N) is 1. The van der Waals surface area contributed by atoms with Gasteiger partial charge >= 0.3 is 12.1 Å². The second-order valence-electron chi connectivity index (χ2n) is 11.4. The molecule has 2 saturated heterocycles. The van der Waals surface area contributed by atoms with E-state index in [0.717, 1.165) is 32.1 Å². The molecule has 2 aliphatic heterocycles. The molecule has 3 aliphatic rings. The lowest BCUT2D eigenvalue weighted by Gasteiger charge is -2.37. The van der Waals surface area contributed by atoms with Gasteiger partial charge in [-0.05, 0) is 66.2 Å². The van der Waals surface area contributed by atoms with E-state index in [9.17, 15) is 19.2 Å². The number of hydrogen-bond acceptors (Lipinski definition) is 5. The number of rotatable bonds is 6. The summed E-state index contributed by atoms with van der Waals surface area (Å²) in [6.45, 7) is 11.4. The normalized spacial score (nSPS) is 22.8. The Morgan fingerprint density at radius 2 is 1.82 bits per heavy atom. The molecule has 192 valence electrons. The molecule has 0 aromatic carbocycles. The second-order valence-corrected chi connectivity index (χ2v) is 11.4. The molecule has 0 bridgehead atoms. The molecular formula is C25H42N4O5. The largest absolute Gasteiger partial charge is 0.444 e. The summed E-state index contributed by atoms with van der Waals surface area (Å²) in [6, 6.07) is -0.381. The van der Waals surface area contributed by atoms with Crippen LogP contribution in [-0.4, -0.2) is 82.0 Å². The number of hydrogen-bond donors (Lipinski definition) is 1. The predicted molar refractivity (Wildman–Crippen MR) is 128 cm³/mol. The number of piperidine rings is 1. The Kier molecular flexibility index (Phi) is 8.14. The Bertz CT molecular complexity index is 785. The van der Waals surface area contributed by atoms with Gasteiger partial charge in [-0.3, -0.25) is 14.5 Å². The van der Waals surface area contributed by atoms with Gasteiger partial charge in [0.2, 0.25) is 5.91 Å². The quantitative estimate of drug-likeness (QED) is 0.589. The molecule has 34 heavy (non-hydrogen) atoms. The molecule has 3 rings (SSSR count). The van der Waals surface area contributed by atoms with Crippen molar-refractivity contribution in [1.82, 2.24) is 20.0 Å². The topological polar surface area (TPSA) is 99.3 Å². The molecule has 9 nitrogen and oxygen atoms in total. The van der Waals surface area contributed by atoms with Gasteiger partial charge in [-0.15, -0.1) is 0 Å². The molecule has 1 unspecified atom stereocenters. The molecule has 0 aromatic heterocycles. The van der Waals surface area contributed by atoms with Gasteiger partial charge in [0.05, 0.1) is 0 Å². The molecule has 1 N–H and O–H groups in total. The Morgan fingerprint density at radius 3 is 2.44 bits per heavy atom. The molecule has 1 aliphatic carbocycles. The number of amides is 5. The van der Waals surface area contributed by atoms with Crippen molar-refractivity contribution in [1.29, 1.82) is 0 Å². The fourth-order valence-corrected chi connectivity index (χ4v) is 5.27. The zero-order valence-corrected chi connectivity index (χ0v) is 21.5. The van der Waals surface area contributed by atoms with Crippen molar-refractivity contribution in [3.63, 3.8) is 0 Å². The van der Waals surface area contributed by atoms with Crippen molar-refractivity contribution < 1.29 is 23.9 Å². The maximum atomic E-state index is 13.0. The van der Waals surface area contributed by atoms with Gasteiger partial charge in [-0.1, -0.05) is 19.3 Å². The number of carbonyl (C=O) groups is 4. The molecule has 9 heteroatoms. The first kappa shape index (κ1) is 26.3. The van der Waals surface area contributed by atoms with Gasteiger partial charge < -0.3 is 19.9 Å². The van der Waals surface area contributed by atoms with E-state index >= 15 is 0 Å². The van der Waals surface area contributed by atoms with Crippen LogP contribution in [0, 0.1) is 5.92 Å². The van der Waals surface area contributed by atoms with E-state index in [4.69, 9.17) is 4.74 Å². The molecule has 1 saturated carbocycles. The highest BCUT2D eigenvalue weighted by molar-refractivity contribution is 6.07. The Balaban J connectivity index is 1.53. The van der Waals surface area contributed by atoms with Crippen LogP contribution >= 0.6 is 0 Å². The lowest BCUT2D eigenvalue weighted by atomic mass is 9.82. The first-order chi connectivity index (χ1) is 15.9. The SMILES string of the molecule is CC(C)N(CC1CCCN(C(=O)CCN2C(=O)NC3(CCCCC3)C2=O)C1)C(=O)OC(C)(C)C. The van der Waals surface area contributed by atoms with Crippen LogP contribution in [0.3, 0.4) is 0 Å². The summed E-state index contributed by atoms with van der Waals surface area (Å²) in [6.07, 6.45) is 5.91. The third-order valence-electron chi connectivity index (χ3n) is 7.08. The van der Waals surface area contributed by atoms with E-state index < -0.39 is 11.1 Å². The van der Waals surface area contributed by atoms with Crippen molar-refractivity contribution in [3.05, 3.63) is 0 Å². The molecule has 5 amide bonds. The van der Waals surface area contributed by atoms with E-state index in [1.807, 2.05) is 39.5 Å². The highest BCUT2D eigenvalue weighted by Gasteiger charge is 2.51. The maximum Gasteiger partial charge on any atom is 0.410 e. The molecule has 1 atom stereocenters. The van der Waals surface area contributed by atoms with Crippen LogP contribution in [0.15, 0.2) is 0 Å². The van der Waals surface area contributed by atoms with E-state index in [0.29, 0.717) is 32.5 Å². The van der Waals surface area contributed by atoms with Crippen molar-refractivity contribution in [2.75, 3.05) is 26.2 Å². The Labute approximate surface area is 203 Å². The third kappa shape index (κ3) is 6.21. The van der Waals surface area contributed by atoms with E-state index in [-0.39, 0.29) is 48.9 Å². The van der Waals surface area contributed by atoms with E-state index in [1.165, 1.54) is 4.90 Å². The van der Waals surface area contributed by atoms with E-state index in [1.54, 1.807) is 4.90 Å². The summed E-state index contributed by atoms with van der Waals surface area (Å²) in [5.41, 5.74) is -1.31. The Morgan fingerprint density at radius 1 is 1.15 bits per heavy atom. The summed E-state index contributed by atoms with van der Waals surface area (Å²) in [5, 5.41) is 2.90. The van der Waals surface area contributed by atoms with Crippen molar-refractivity contribution in [2.45, 2.75) is 103 Å². The summed E-state index contributed by atoms with van der Waals surface area (Å²) >= 11 is 0. The summed E-state index contributed by atoms with van der Waals surface area (Å²) in [7, 11) is 0. The van der Waals surface area contributed by atoms with Gasteiger partial charge in [0.25, 0.3) is 5.91 Å². The fraction of sp³-hybridized carbons (Fsp3) is 0.840. The molecule has 3 fully saturated rings. The monoisotopic (exact) mass is 478 g/mol. The van der Waals surface area contributed by atoms with Gasteiger partial charge in [-0.2, -0.15) is 0 Å². The van der Waals surface area contributed by atoms with Crippen LogP contribution in [0.1, 0.15) is 86.0 Å². The van der Waals surface area contributed by atoms with Crippen LogP contribution in [0.4, 0.5) is 9.59 Å². The number of ether oxygens (including phenoxy) is 1. The number of carbonyl (C=O) groups excluding carboxylic acids is 4. The minimum Gasteiger partial charge on any atom is -0.444 e. The van der Waals surface area contributed by atoms with Crippen LogP contribution in [-0.2, 0) is 14.3 Å². The van der Waals surface area contributed by atoms with Crippen molar-refractivity contribution in [2.24, 2.45) is 5.92 Å². The average Bonchev–Trinajstić information content (AvgIpc) is 2.98. The Hall–Kier alpha value is -2.32. The second kappa shape index (κ2) is 10.5. The highest BCUT2D eigenvalue weighted by atomic mass is 16.6. The summed E-state index contributed by atoms with van der Waals surface area (Å²) in [5.74, 6) is -0.0652. The van der Waals surface area contributed by atoms with Gasteiger partial charge in [0, 0.05) is 38.6 Å². The average molecular weight is 479 g/mol. The third-order valence-corrected chi connectivity index (χ3v) is 7.08. The van der Waals surface area contributed by atoms with E-state index in [2.05, 4.69) is 5.32 Å². The smallest absolute Gasteiger partial charge is 0.410 e. The zero-order chi connectivity index (χ0) is 25.1. The number of imide groups is 1. The van der Waals surface area contributed by atoms with Crippen LogP contribution in [0.5, 0.6) is 0 Å². The first-order valence-corrected chi connectivity index (χ1v) is 12.8. The van der Waals surface area contributed by atoms with Crippen LogP contribution in [0.25, 0.3) is 0 Å². The minimum absolute atomic E-state index is 0.00673. The molecule has 0 radical (unpaired) electrons. The van der Waals surface area contributed by atoms with Crippen LogP contribution < -0.4 is 5.32 Å². The zero-order valence-electron chi connectivity index (χ0n) is 21.5. The standard InChI is InChI=1S/C25H42N4O5/c1-18(2)29(23(33)34-24(3,4)5)17-19-10-9-14-27(16-19)20(30)11-15-28-21(31)25(26-22(28)32)12-7-6-8-13-25/h18-19H,6-17H2,1-5H3,(H,26,32). The first-order valence-electron chi connectivity index (χ1n) is 12.8. The molecule has 1 spiro atoms. The lowest BCUT2D eigenvalue weighted by Crippen LogP contribution is -2.49. The summed E-state index contributed by atoms with van der Waals surface area (Å²) in [4.78, 5) is 55.8. The fourth-order valence-electron chi connectivity index (χ4n) is 5.27. The number of likely N-dealkylation sites (tertiary alicyclic amines) is 1. The van der Waals surface area contributed by atoms with Gasteiger partial charge in [0.1, 0.15) is 11.1 Å². The van der Waals surface area contributed by atoms with Gasteiger partial charge in [0.15, 0.2) is 0 Å².